The van der Waals surface area contributed by atoms with E-state index in [0.717, 1.165) is 5.56 Å². The number of carbonyl (C=O) groups excluding carboxylic acids is 1. The molecule has 2 aliphatic heterocycles. The van der Waals surface area contributed by atoms with Gasteiger partial charge in [0.15, 0.2) is 18.2 Å². The number of rotatable bonds is 4. The highest BCUT2D eigenvalue weighted by atomic mass is 32.3. The van der Waals surface area contributed by atoms with Crippen molar-refractivity contribution in [3.05, 3.63) is 36.3 Å². The average Bonchev–Trinajstić information content (AvgIpc) is 3.15. The maximum absolute atomic E-state index is 12.5. The Kier molecular flexibility index (Phi) is 3.93. The van der Waals surface area contributed by atoms with Gasteiger partial charge in [0.25, 0.3) is 0 Å². The molecule has 10 nitrogen and oxygen atoms in total. The topological polar surface area (TPSA) is 117 Å². The molecule has 26 heavy (non-hydrogen) atoms. The molecule has 0 aromatic carbocycles. The van der Waals surface area contributed by atoms with Crippen molar-refractivity contribution < 1.29 is 31.1 Å². The summed E-state index contributed by atoms with van der Waals surface area (Å²) in [7, 11) is -2.84. The minimum Gasteiger partial charge on any atom is -0.356 e. The third kappa shape index (κ3) is 3.04. The molecule has 2 unspecified atom stereocenters. The first-order chi connectivity index (χ1) is 12.3. The van der Waals surface area contributed by atoms with Crippen molar-refractivity contribution in [2.24, 2.45) is 7.05 Å². The Morgan fingerprint density at radius 1 is 1.35 bits per heavy atom. The Morgan fingerprint density at radius 2 is 2.08 bits per heavy atom. The molecule has 2 amide bonds. The lowest BCUT2D eigenvalue weighted by molar-refractivity contribution is -0.671. The summed E-state index contributed by atoms with van der Waals surface area (Å²) < 4.78 is 42.5. The Bertz CT molecular complexity index is 941. The number of pyridine rings is 1. The van der Waals surface area contributed by atoms with E-state index in [9.17, 15) is 13.2 Å². The molecule has 2 aromatic heterocycles. The van der Waals surface area contributed by atoms with E-state index in [0.29, 0.717) is 35.9 Å². The van der Waals surface area contributed by atoms with E-state index in [1.165, 1.54) is 4.90 Å². The number of aryl methyl sites for hydroxylation is 1. The molecule has 2 aliphatic rings. The van der Waals surface area contributed by atoms with Gasteiger partial charge in [0.1, 0.15) is 12.7 Å². The molecule has 2 atom stereocenters. The molecule has 4 heterocycles. The van der Waals surface area contributed by atoms with Crippen LogP contribution in [0.25, 0.3) is 11.3 Å². The Balaban J connectivity index is 1.57. The minimum atomic E-state index is -4.75. The highest BCUT2D eigenvalue weighted by Gasteiger charge is 2.48. The quantitative estimate of drug-likeness (QED) is 0.616. The van der Waals surface area contributed by atoms with E-state index in [2.05, 4.69) is 9.44 Å². The first kappa shape index (κ1) is 16.9. The molecule has 0 spiro atoms. The SMILES string of the molecule is C[n+]1ccc(-c2cc(C3CCC4CN3C(=O)N4OS(=O)(=O)O)no2)cc1. The van der Waals surface area contributed by atoms with Gasteiger partial charge in [-0.2, -0.15) is 13.5 Å². The van der Waals surface area contributed by atoms with E-state index in [-0.39, 0.29) is 6.04 Å². The molecule has 0 saturated carbocycles. The number of piperidine rings is 1. The van der Waals surface area contributed by atoms with Gasteiger partial charge in [0.05, 0.1) is 12.1 Å². The second-order valence-electron chi connectivity index (χ2n) is 6.38. The van der Waals surface area contributed by atoms with Crippen LogP contribution in [0.4, 0.5) is 4.79 Å². The summed E-state index contributed by atoms with van der Waals surface area (Å²) in [5, 5.41) is 4.80. The number of aromatic nitrogens is 2. The van der Waals surface area contributed by atoms with Crippen molar-refractivity contribution >= 4 is 16.4 Å². The molecular formula is C15H17N4O6S+. The molecule has 1 N–H and O–H groups in total. The predicted molar refractivity (Wildman–Crippen MR) is 85.5 cm³/mol. The lowest BCUT2D eigenvalue weighted by Gasteiger charge is -2.28. The third-order valence-corrected chi connectivity index (χ3v) is 4.98. The van der Waals surface area contributed by atoms with Gasteiger partial charge in [0, 0.05) is 30.3 Å². The first-order valence-electron chi connectivity index (χ1n) is 8.01. The number of fused-ring (bicyclic) bond motifs is 2. The van der Waals surface area contributed by atoms with Gasteiger partial charge in [-0.25, -0.2) is 9.36 Å². The number of hydrogen-bond acceptors (Lipinski definition) is 6. The van der Waals surface area contributed by atoms with Crippen LogP contribution in [0.15, 0.2) is 35.1 Å². The van der Waals surface area contributed by atoms with Crippen LogP contribution in [-0.4, -0.2) is 46.7 Å². The van der Waals surface area contributed by atoms with Crippen molar-refractivity contribution in [2.75, 3.05) is 6.54 Å². The minimum absolute atomic E-state index is 0.294. The maximum Gasteiger partial charge on any atom is 0.418 e. The highest BCUT2D eigenvalue weighted by molar-refractivity contribution is 7.80. The van der Waals surface area contributed by atoms with Crippen LogP contribution in [0.3, 0.4) is 0 Å². The summed E-state index contributed by atoms with van der Waals surface area (Å²) in [4.78, 5) is 13.9. The Hall–Kier alpha value is -2.50. The van der Waals surface area contributed by atoms with E-state index in [1.54, 1.807) is 6.07 Å². The van der Waals surface area contributed by atoms with Crippen LogP contribution in [-0.2, 0) is 21.7 Å². The standard InChI is InChI=1S/C15H16N4O6S/c1-17-6-4-10(5-7-17)14-8-12(16-24-14)13-3-2-11-9-18(13)15(20)19(11)25-26(21,22)23/h4-8,11,13H,2-3,9H2,1H3/p+1. The van der Waals surface area contributed by atoms with E-state index in [4.69, 9.17) is 9.08 Å². The second kappa shape index (κ2) is 6.04. The lowest BCUT2D eigenvalue weighted by atomic mass is 9.98. The number of urea groups is 1. The molecule has 138 valence electrons. The summed E-state index contributed by atoms with van der Waals surface area (Å²) in [6.07, 6.45) is 4.87. The number of nitrogens with zero attached hydrogens (tertiary/aromatic N) is 4. The van der Waals surface area contributed by atoms with Gasteiger partial charge in [0.2, 0.25) is 0 Å². The van der Waals surface area contributed by atoms with Gasteiger partial charge in [-0.1, -0.05) is 5.16 Å². The lowest BCUT2D eigenvalue weighted by Crippen LogP contribution is -2.35. The number of carbonyl (C=O) groups is 1. The Morgan fingerprint density at radius 3 is 2.77 bits per heavy atom. The molecule has 2 saturated heterocycles. The van der Waals surface area contributed by atoms with Crippen LogP contribution < -0.4 is 4.57 Å². The predicted octanol–water partition coefficient (Wildman–Crippen LogP) is 0.842. The van der Waals surface area contributed by atoms with Crippen molar-refractivity contribution in [3.63, 3.8) is 0 Å². The molecule has 2 bridgehead atoms. The van der Waals surface area contributed by atoms with Crippen LogP contribution in [0.5, 0.6) is 0 Å². The zero-order chi connectivity index (χ0) is 18.5. The summed E-state index contributed by atoms with van der Waals surface area (Å²) in [5.74, 6) is 0.584. The van der Waals surface area contributed by atoms with E-state index in [1.807, 2.05) is 36.1 Å². The second-order valence-corrected chi connectivity index (χ2v) is 7.38. The average molecular weight is 381 g/mol. The van der Waals surface area contributed by atoms with Gasteiger partial charge in [-0.05, 0) is 12.8 Å². The van der Waals surface area contributed by atoms with Crippen molar-refractivity contribution in [2.45, 2.75) is 24.9 Å². The number of hydrogen-bond donors (Lipinski definition) is 1. The van der Waals surface area contributed by atoms with Gasteiger partial charge in [-0.3, -0.25) is 4.55 Å². The monoisotopic (exact) mass is 381 g/mol. The molecule has 0 aliphatic carbocycles. The molecular weight excluding hydrogens is 364 g/mol. The number of amides is 2. The zero-order valence-corrected chi connectivity index (χ0v) is 14.7. The summed E-state index contributed by atoms with van der Waals surface area (Å²) >= 11 is 0. The van der Waals surface area contributed by atoms with Crippen molar-refractivity contribution in [1.82, 2.24) is 15.1 Å². The third-order valence-electron chi connectivity index (χ3n) is 4.63. The maximum atomic E-state index is 12.5. The van der Waals surface area contributed by atoms with Gasteiger partial charge >= 0.3 is 16.4 Å². The fraction of sp³-hybridized carbons (Fsp3) is 0.400. The van der Waals surface area contributed by atoms with E-state index < -0.39 is 22.5 Å². The molecule has 2 aromatic rings. The summed E-state index contributed by atoms with van der Waals surface area (Å²) in [5.41, 5.74) is 1.45. The summed E-state index contributed by atoms with van der Waals surface area (Å²) in [6.45, 7) is 0.294. The van der Waals surface area contributed by atoms with Crippen LogP contribution in [0.1, 0.15) is 24.6 Å². The highest BCUT2D eigenvalue weighted by Crippen LogP contribution is 2.39. The van der Waals surface area contributed by atoms with Crippen LogP contribution in [0, 0.1) is 0 Å². The normalized spacial score (nSPS) is 22.9. The van der Waals surface area contributed by atoms with Gasteiger partial charge in [-0.15, -0.1) is 4.28 Å². The van der Waals surface area contributed by atoms with Crippen LogP contribution in [0.2, 0.25) is 0 Å². The summed E-state index contributed by atoms with van der Waals surface area (Å²) in [6, 6.07) is 4.17. The van der Waals surface area contributed by atoms with Crippen molar-refractivity contribution in [1.29, 1.82) is 0 Å². The molecule has 2 fully saturated rings. The molecule has 11 heteroatoms. The first-order valence-corrected chi connectivity index (χ1v) is 9.37. The molecule has 0 radical (unpaired) electrons. The number of hydroxylamine groups is 2. The van der Waals surface area contributed by atoms with Crippen LogP contribution >= 0.6 is 0 Å². The van der Waals surface area contributed by atoms with E-state index >= 15 is 0 Å². The smallest absolute Gasteiger partial charge is 0.356 e. The van der Waals surface area contributed by atoms with Crippen molar-refractivity contribution in [3.8, 4) is 11.3 Å². The Labute approximate surface area is 149 Å². The zero-order valence-electron chi connectivity index (χ0n) is 13.8. The van der Waals surface area contributed by atoms with Gasteiger partial charge < -0.3 is 9.42 Å². The molecule has 4 rings (SSSR count). The fourth-order valence-corrected chi connectivity index (χ4v) is 3.77. The fourth-order valence-electron chi connectivity index (χ4n) is 3.39. The largest absolute Gasteiger partial charge is 0.418 e.